The molecule has 0 atom stereocenters. The van der Waals surface area contributed by atoms with Crippen LogP contribution in [0.1, 0.15) is 21.5 Å². The number of halogens is 2. The molecule has 1 N–H and O–H groups in total. The fourth-order valence-electron chi connectivity index (χ4n) is 2.41. The first-order valence-corrected chi connectivity index (χ1v) is 9.81. The topological polar surface area (TPSA) is 67.8 Å². The van der Waals surface area contributed by atoms with E-state index in [9.17, 15) is 9.59 Å². The van der Waals surface area contributed by atoms with Gasteiger partial charge in [-0.1, -0.05) is 45.7 Å². The van der Waals surface area contributed by atoms with Gasteiger partial charge in [0, 0.05) is 9.50 Å². The summed E-state index contributed by atoms with van der Waals surface area (Å²) in [5, 5.41) is 4.56. The maximum Gasteiger partial charge on any atom is 0.343 e. The molecule has 0 unspecified atom stereocenters. The lowest BCUT2D eigenvalue weighted by atomic mass is 10.1. The van der Waals surface area contributed by atoms with E-state index < -0.39 is 5.97 Å². The summed E-state index contributed by atoms with van der Waals surface area (Å²) >= 11 is 9.15. The lowest BCUT2D eigenvalue weighted by Crippen LogP contribution is -2.19. The van der Waals surface area contributed by atoms with E-state index in [2.05, 4.69) is 26.5 Å². The van der Waals surface area contributed by atoms with Gasteiger partial charge in [-0.05, 0) is 65.7 Å². The number of hydrazone groups is 1. The summed E-state index contributed by atoms with van der Waals surface area (Å²) in [7, 11) is 0. The highest BCUT2D eigenvalue weighted by atomic mass is 79.9. The molecular weight excluding hydrogens is 456 g/mol. The average molecular weight is 472 g/mol. The molecule has 3 aromatic carbocycles. The number of benzene rings is 3. The Balaban J connectivity index is 1.51. The maximum absolute atomic E-state index is 12.1. The number of carbonyl (C=O) groups is 2. The summed E-state index contributed by atoms with van der Waals surface area (Å²) < 4.78 is 6.15. The van der Waals surface area contributed by atoms with Crippen LogP contribution in [0.5, 0.6) is 5.75 Å². The van der Waals surface area contributed by atoms with E-state index in [1.54, 1.807) is 66.7 Å². The molecule has 0 aliphatic rings. The number of ether oxygens (including phenoxy) is 1. The summed E-state index contributed by atoms with van der Waals surface area (Å²) in [5.74, 6) is -0.260. The molecule has 0 saturated carbocycles. The molecule has 5 nitrogen and oxygen atoms in total. The summed E-state index contributed by atoms with van der Waals surface area (Å²) in [6.07, 6.45) is 1.72. The summed E-state index contributed by atoms with van der Waals surface area (Å²) in [5.41, 5.74) is 4.52. The number of hydrogen-bond acceptors (Lipinski definition) is 4. The molecule has 0 aliphatic heterocycles. The number of nitrogens with zero attached hydrogens (tertiary/aromatic N) is 1. The minimum Gasteiger partial charge on any atom is -0.423 e. The normalized spacial score (nSPS) is 10.7. The zero-order valence-corrected chi connectivity index (χ0v) is 17.5. The van der Waals surface area contributed by atoms with Gasteiger partial charge in [-0.25, -0.2) is 10.2 Å². The first-order chi connectivity index (χ1) is 14.0. The Hall–Kier alpha value is -2.96. The van der Waals surface area contributed by atoms with E-state index in [1.807, 2.05) is 6.07 Å². The van der Waals surface area contributed by atoms with Crippen LogP contribution in [0.25, 0.3) is 0 Å². The summed E-state index contributed by atoms with van der Waals surface area (Å²) in [6, 6.07) is 20.8. The highest BCUT2D eigenvalue weighted by Gasteiger charge is 2.08. The third-order valence-corrected chi connectivity index (χ3v) is 4.58. The van der Waals surface area contributed by atoms with Crippen molar-refractivity contribution >= 4 is 45.6 Å². The largest absolute Gasteiger partial charge is 0.423 e. The number of nitrogens with one attached hydrogen (secondary N) is 1. The number of rotatable bonds is 6. The Kier molecular flexibility index (Phi) is 7.16. The predicted octanol–water partition coefficient (Wildman–Crippen LogP) is 5.01. The van der Waals surface area contributed by atoms with Crippen molar-refractivity contribution in [1.82, 2.24) is 5.43 Å². The van der Waals surface area contributed by atoms with Gasteiger partial charge in [0.2, 0.25) is 5.91 Å². The van der Waals surface area contributed by atoms with Crippen LogP contribution in [-0.4, -0.2) is 18.1 Å². The van der Waals surface area contributed by atoms with Crippen molar-refractivity contribution in [3.8, 4) is 5.75 Å². The first-order valence-electron chi connectivity index (χ1n) is 8.64. The van der Waals surface area contributed by atoms with Crippen LogP contribution >= 0.6 is 27.5 Å². The van der Waals surface area contributed by atoms with E-state index in [0.29, 0.717) is 16.3 Å². The van der Waals surface area contributed by atoms with Gasteiger partial charge in [-0.2, -0.15) is 5.10 Å². The molecule has 0 heterocycles. The Labute approximate surface area is 181 Å². The third-order valence-electron chi connectivity index (χ3n) is 3.83. The van der Waals surface area contributed by atoms with E-state index in [-0.39, 0.29) is 12.3 Å². The van der Waals surface area contributed by atoms with Crippen LogP contribution in [0.2, 0.25) is 5.02 Å². The fourth-order valence-corrected chi connectivity index (χ4v) is 2.93. The van der Waals surface area contributed by atoms with Gasteiger partial charge in [0.25, 0.3) is 0 Å². The summed E-state index contributed by atoms with van der Waals surface area (Å²) in [6.45, 7) is 0. The first kappa shape index (κ1) is 20.8. The lowest BCUT2D eigenvalue weighted by molar-refractivity contribution is -0.120. The average Bonchev–Trinajstić information content (AvgIpc) is 2.71. The van der Waals surface area contributed by atoms with Gasteiger partial charge >= 0.3 is 5.97 Å². The van der Waals surface area contributed by atoms with Gasteiger partial charge < -0.3 is 4.74 Å². The molecule has 0 aromatic heterocycles. The standard InChI is InChI=1S/C22H16BrClN2O3/c23-18-3-1-2-17(13-18)22(28)29-20-10-6-16(7-11-20)14-25-26-21(27)12-15-4-8-19(24)9-5-15/h1-11,13-14H,12H2,(H,26,27)/b25-14+. The van der Waals surface area contributed by atoms with Crippen molar-refractivity contribution < 1.29 is 14.3 Å². The molecule has 0 radical (unpaired) electrons. The van der Waals surface area contributed by atoms with Crippen molar-refractivity contribution in [3.05, 3.63) is 99.0 Å². The SMILES string of the molecule is O=C(Cc1ccc(Cl)cc1)N/N=C/c1ccc(OC(=O)c2cccc(Br)c2)cc1. The molecule has 29 heavy (non-hydrogen) atoms. The molecule has 3 rings (SSSR count). The zero-order valence-electron chi connectivity index (χ0n) is 15.1. The van der Waals surface area contributed by atoms with Crippen LogP contribution < -0.4 is 10.2 Å². The molecule has 146 valence electrons. The number of carbonyl (C=O) groups excluding carboxylic acids is 2. The number of amides is 1. The monoisotopic (exact) mass is 470 g/mol. The quantitative estimate of drug-likeness (QED) is 0.238. The molecule has 1 amide bonds. The third kappa shape index (κ3) is 6.55. The molecular formula is C22H16BrClN2O3. The van der Waals surface area contributed by atoms with E-state index in [4.69, 9.17) is 16.3 Å². The molecule has 0 saturated heterocycles. The molecule has 3 aromatic rings. The highest BCUT2D eigenvalue weighted by molar-refractivity contribution is 9.10. The molecule has 0 bridgehead atoms. The van der Waals surface area contributed by atoms with Crippen LogP contribution in [-0.2, 0) is 11.2 Å². The fraction of sp³-hybridized carbons (Fsp3) is 0.0455. The van der Waals surface area contributed by atoms with Crippen LogP contribution in [0.15, 0.2) is 82.4 Å². The van der Waals surface area contributed by atoms with Gasteiger partial charge in [0.05, 0.1) is 18.2 Å². The Morgan fingerprint density at radius 1 is 1.03 bits per heavy atom. The van der Waals surface area contributed by atoms with Gasteiger partial charge in [-0.3, -0.25) is 4.79 Å². The molecule has 7 heteroatoms. The minimum atomic E-state index is -0.442. The van der Waals surface area contributed by atoms with Gasteiger partial charge in [-0.15, -0.1) is 0 Å². The molecule has 0 fully saturated rings. The minimum absolute atomic E-state index is 0.207. The number of hydrogen-bond donors (Lipinski definition) is 1. The van der Waals surface area contributed by atoms with E-state index in [0.717, 1.165) is 15.6 Å². The Morgan fingerprint density at radius 2 is 1.76 bits per heavy atom. The van der Waals surface area contributed by atoms with Crippen LogP contribution in [0.4, 0.5) is 0 Å². The maximum atomic E-state index is 12.1. The van der Waals surface area contributed by atoms with E-state index in [1.165, 1.54) is 6.21 Å². The Morgan fingerprint density at radius 3 is 2.45 bits per heavy atom. The highest BCUT2D eigenvalue weighted by Crippen LogP contribution is 2.16. The van der Waals surface area contributed by atoms with Crippen molar-refractivity contribution in [2.45, 2.75) is 6.42 Å². The predicted molar refractivity (Wildman–Crippen MR) is 116 cm³/mol. The second-order valence-electron chi connectivity index (χ2n) is 6.07. The number of esters is 1. The molecule has 0 spiro atoms. The van der Waals surface area contributed by atoms with Gasteiger partial charge in [0.1, 0.15) is 5.75 Å². The second-order valence-corrected chi connectivity index (χ2v) is 7.42. The lowest BCUT2D eigenvalue weighted by Gasteiger charge is -2.05. The summed E-state index contributed by atoms with van der Waals surface area (Å²) in [4.78, 5) is 24.0. The van der Waals surface area contributed by atoms with Crippen LogP contribution in [0.3, 0.4) is 0 Å². The van der Waals surface area contributed by atoms with E-state index >= 15 is 0 Å². The van der Waals surface area contributed by atoms with Crippen molar-refractivity contribution in [1.29, 1.82) is 0 Å². The zero-order chi connectivity index (χ0) is 20.6. The van der Waals surface area contributed by atoms with Crippen LogP contribution in [0, 0.1) is 0 Å². The molecule has 0 aliphatic carbocycles. The second kappa shape index (κ2) is 10.0. The van der Waals surface area contributed by atoms with Crippen molar-refractivity contribution in [2.24, 2.45) is 5.10 Å². The Bertz CT molecular complexity index is 1030. The smallest absolute Gasteiger partial charge is 0.343 e. The van der Waals surface area contributed by atoms with Crippen molar-refractivity contribution in [3.63, 3.8) is 0 Å². The van der Waals surface area contributed by atoms with Gasteiger partial charge in [0.15, 0.2) is 0 Å². The van der Waals surface area contributed by atoms with Crippen molar-refractivity contribution in [2.75, 3.05) is 0 Å².